The van der Waals surface area contributed by atoms with Crippen molar-refractivity contribution < 1.29 is 4.74 Å². The summed E-state index contributed by atoms with van der Waals surface area (Å²) >= 11 is 0. The number of aromatic amines is 1. The van der Waals surface area contributed by atoms with Crippen LogP contribution in [0.2, 0.25) is 0 Å². The summed E-state index contributed by atoms with van der Waals surface area (Å²) in [6, 6.07) is 12.3. The van der Waals surface area contributed by atoms with Gasteiger partial charge in [-0.25, -0.2) is 9.97 Å². The van der Waals surface area contributed by atoms with E-state index in [0.29, 0.717) is 17.8 Å². The lowest BCUT2D eigenvalue weighted by Crippen LogP contribution is -2.39. The zero-order valence-corrected chi connectivity index (χ0v) is 19.5. The van der Waals surface area contributed by atoms with Gasteiger partial charge >= 0.3 is 0 Å². The molecular formula is C27H31N5O2. The van der Waals surface area contributed by atoms with Gasteiger partial charge in [0.2, 0.25) is 0 Å². The average molecular weight is 458 g/mol. The topological polar surface area (TPSA) is 76.0 Å². The minimum Gasteiger partial charge on any atom is -0.379 e. The van der Waals surface area contributed by atoms with Gasteiger partial charge < -0.3 is 9.72 Å². The van der Waals surface area contributed by atoms with E-state index in [2.05, 4.69) is 33.1 Å². The summed E-state index contributed by atoms with van der Waals surface area (Å²) in [6.07, 6.45) is 8.05. The first-order chi connectivity index (χ1) is 16.7. The highest BCUT2D eigenvalue weighted by Gasteiger charge is 2.19. The molecule has 3 heterocycles. The van der Waals surface area contributed by atoms with Gasteiger partial charge in [-0.1, -0.05) is 31.4 Å². The molecule has 2 aliphatic rings. The van der Waals surface area contributed by atoms with Crippen LogP contribution in [0.1, 0.15) is 43.8 Å². The molecule has 1 saturated carbocycles. The third-order valence-corrected chi connectivity index (χ3v) is 7.41. The van der Waals surface area contributed by atoms with Crippen LogP contribution in [0.25, 0.3) is 33.1 Å². The summed E-state index contributed by atoms with van der Waals surface area (Å²) in [7, 11) is 0. The van der Waals surface area contributed by atoms with Crippen molar-refractivity contribution in [3.05, 3.63) is 58.9 Å². The maximum Gasteiger partial charge on any atom is 0.261 e. The van der Waals surface area contributed by atoms with Crippen LogP contribution >= 0.6 is 0 Å². The Bertz CT molecular complexity index is 1360. The Morgan fingerprint density at radius 1 is 0.941 bits per heavy atom. The molecule has 7 heteroatoms. The minimum absolute atomic E-state index is 0.0160. The van der Waals surface area contributed by atoms with E-state index < -0.39 is 0 Å². The Hall–Kier alpha value is -3.03. The van der Waals surface area contributed by atoms with Gasteiger partial charge in [-0.2, -0.15) is 0 Å². The van der Waals surface area contributed by atoms with Crippen LogP contribution in [-0.2, 0) is 11.3 Å². The number of aromatic nitrogens is 4. The fraction of sp³-hybridized carbons (Fsp3) is 0.444. The number of hydrogen-bond acceptors (Lipinski definition) is 5. The highest BCUT2D eigenvalue weighted by Crippen LogP contribution is 2.33. The van der Waals surface area contributed by atoms with Gasteiger partial charge in [-0.3, -0.25) is 14.3 Å². The quantitative estimate of drug-likeness (QED) is 0.483. The lowest BCUT2D eigenvalue weighted by Gasteiger charge is -2.26. The van der Waals surface area contributed by atoms with Crippen molar-refractivity contribution in [3.8, 4) is 11.1 Å². The SMILES string of the molecule is O=c1c2cc(-c3ccc4nc(C5CCCCC5)[nH]c4c3)ccc2ncn1CCN1CCOCC1. The van der Waals surface area contributed by atoms with E-state index in [1.807, 2.05) is 18.2 Å². The number of ether oxygens (including phenoxy) is 1. The second-order valence-electron chi connectivity index (χ2n) is 9.62. The van der Waals surface area contributed by atoms with Gasteiger partial charge in [0.1, 0.15) is 5.82 Å². The molecular weight excluding hydrogens is 426 g/mol. The molecule has 0 bridgehead atoms. The molecule has 1 aliphatic carbocycles. The Morgan fingerprint density at radius 3 is 2.53 bits per heavy atom. The van der Waals surface area contributed by atoms with E-state index in [0.717, 1.165) is 66.3 Å². The molecule has 2 fully saturated rings. The fourth-order valence-electron chi connectivity index (χ4n) is 5.35. The van der Waals surface area contributed by atoms with Crippen molar-refractivity contribution in [2.45, 2.75) is 44.6 Å². The molecule has 176 valence electrons. The molecule has 1 N–H and O–H groups in total. The normalized spacial score (nSPS) is 18.1. The number of fused-ring (bicyclic) bond motifs is 2. The van der Waals surface area contributed by atoms with Crippen molar-refractivity contribution in [1.82, 2.24) is 24.4 Å². The number of morpholine rings is 1. The molecule has 1 aliphatic heterocycles. The average Bonchev–Trinajstić information content (AvgIpc) is 3.33. The van der Waals surface area contributed by atoms with Crippen LogP contribution in [0, 0.1) is 0 Å². The van der Waals surface area contributed by atoms with Crippen molar-refractivity contribution in [3.63, 3.8) is 0 Å². The third-order valence-electron chi connectivity index (χ3n) is 7.41. The van der Waals surface area contributed by atoms with Crippen LogP contribution in [0.4, 0.5) is 0 Å². The monoisotopic (exact) mass is 457 g/mol. The molecule has 34 heavy (non-hydrogen) atoms. The second kappa shape index (κ2) is 9.31. The standard InChI is InChI=1S/C27H31N5O2/c33-27-22-16-20(6-8-23(22)28-18-32(27)11-10-31-12-14-34-15-13-31)21-7-9-24-25(17-21)30-26(29-24)19-4-2-1-3-5-19/h6-9,16-19H,1-5,10-15H2,(H,29,30). The largest absolute Gasteiger partial charge is 0.379 e. The second-order valence-corrected chi connectivity index (χ2v) is 9.62. The van der Waals surface area contributed by atoms with Crippen LogP contribution in [0.15, 0.2) is 47.5 Å². The Kier molecular flexibility index (Phi) is 5.89. The van der Waals surface area contributed by atoms with Crippen LogP contribution in [0.3, 0.4) is 0 Å². The Balaban J connectivity index is 1.28. The summed E-state index contributed by atoms with van der Waals surface area (Å²) in [5.74, 6) is 1.67. The van der Waals surface area contributed by atoms with Crippen LogP contribution in [-0.4, -0.2) is 57.3 Å². The maximum absolute atomic E-state index is 13.2. The van der Waals surface area contributed by atoms with Gasteiger partial charge in [0.25, 0.3) is 5.56 Å². The number of nitrogens with one attached hydrogen (secondary N) is 1. The predicted octanol–water partition coefficient (Wildman–Crippen LogP) is 4.32. The molecule has 2 aromatic heterocycles. The number of nitrogens with zero attached hydrogens (tertiary/aromatic N) is 4. The zero-order valence-electron chi connectivity index (χ0n) is 19.5. The summed E-state index contributed by atoms with van der Waals surface area (Å²) in [5.41, 5.74) is 4.93. The van der Waals surface area contributed by atoms with Crippen molar-refractivity contribution in [2.75, 3.05) is 32.8 Å². The molecule has 0 atom stereocenters. The minimum atomic E-state index is 0.0160. The van der Waals surface area contributed by atoms with Gasteiger partial charge in [0.15, 0.2) is 0 Å². The molecule has 7 nitrogen and oxygen atoms in total. The molecule has 0 amide bonds. The molecule has 0 unspecified atom stereocenters. The predicted molar refractivity (Wildman–Crippen MR) is 134 cm³/mol. The van der Waals surface area contributed by atoms with Gasteiger partial charge in [0.05, 0.1) is 41.5 Å². The third kappa shape index (κ3) is 4.26. The first-order valence-electron chi connectivity index (χ1n) is 12.5. The number of hydrogen-bond donors (Lipinski definition) is 1. The van der Waals surface area contributed by atoms with E-state index in [1.54, 1.807) is 10.9 Å². The first-order valence-corrected chi connectivity index (χ1v) is 12.5. The van der Waals surface area contributed by atoms with Gasteiger partial charge in [-0.05, 0) is 48.2 Å². The van der Waals surface area contributed by atoms with Crippen molar-refractivity contribution in [2.24, 2.45) is 0 Å². The molecule has 0 spiro atoms. The van der Waals surface area contributed by atoms with E-state index >= 15 is 0 Å². The lowest BCUT2D eigenvalue weighted by molar-refractivity contribution is 0.0362. The summed E-state index contributed by atoms with van der Waals surface area (Å²) in [6.45, 7) is 4.82. The van der Waals surface area contributed by atoms with Crippen LogP contribution in [0.5, 0.6) is 0 Å². The number of benzene rings is 2. The van der Waals surface area contributed by atoms with Gasteiger partial charge in [0, 0.05) is 32.1 Å². The van der Waals surface area contributed by atoms with E-state index in [-0.39, 0.29) is 5.56 Å². The Morgan fingerprint density at radius 2 is 1.71 bits per heavy atom. The van der Waals surface area contributed by atoms with Gasteiger partial charge in [-0.15, -0.1) is 0 Å². The molecule has 0 radical (unpaired) electrons. The van der Waals surface area contributed by atoms with E-state index in [1.165, 1.54) is 32.1 Å². The fourth-order valence-corrected chi connectivity index (χ4v) is 5.35. The van der Waals surface area contributed by atoms with E-state index in [4.69, 9.17) is 9.72 Å². The summed E-state index contributed by atoms with van der Waals surface area (Å²) in [4.78, 5) is 28.6. The Labute approximate surface area is 198 Å². The van der Waals surface area contributed by atoms with Crippen LogP contribution < -0.4 is 5.56 Å². The van der Waals surface area contributed by atoms with Crippen molar-refractivity contribution in [1.29, 1.82) is 0 Å². The highest BCUT2D eigenvalue weighted by atomic mass is 16.5. The molecule has 4 aromatic rings. The summed E-state index contributed by atoms with van der Waals surface area (Å²) < 4.78 is 7.15. The highest BCUT2D eigenvalue weighted by molar-refractivity contribution is 5.87. The maximum atomic E-state index is 13.2. The number of imidazole rings is 1. The molecule has 1 saturated heterocycles. The number of H-pyrrole nitrogens is 1. The molecule has 6 rings (SSSR count). The first kappa shape index (κ1) is 21.5. The lowest BCUT2D eigenvalue weighted by atomic mass is 9.89. The van der Waals surface area contributed by atoms with E-state index in [9.17, 15) is 4.79 Å². The van der Waals surface area contributed by atoms with Crippen molar-refractivity contribution >= 4 is 21.9 Å². The smallest absolute Gasteiger partial charge is 0.261 e. The molecule has 2 aromatic carbocycles. The summed E-state index contributed by atoms with van der Waals surface area (Å²) in [5, 5.41) is 0.662. The zero-order chi connectivity index (χ0) is 22.9. The number of rotatable bonds is 5.